The maximum Gasteiger partial charge on any atom is 0.258 e. The maximum absolute atomic E-state index is 10.8. The third-order valence-electron chi connectivity index (χ3n) is 2.02. The van der Waals surface area contributed by atoms with Gasteiger partial charge < -0.3 is 10.5 Å². The fraction of sp³-hybridized carbons (Fsp3) is 0.364. The topological polar surface area (TPSA) is 52.3 Å². The van der Waals surface area contributed by atoms with Crippen LogP contribution in [-0.2, 0) is 11.2 Å². The smallest absolute Gasteiger partial charge is 0.258 e. The van der Waals surface area contributed by atoms with Crippen LogP contribution in [0.1, 0.15) is 19.4 Å². The van der Waals surface area contributed by atoms with Gasteiger partial charge in [-0.2, -0.15) is 0 Å². The van der Waals surface area contributed by atoms with E-state index in [2.05, 4.69) is 6.92 Å². The standard InChI is InChI=1S/C11H15NO2/c1-3-9-5-4-6-10(7-9)14-8(2)11(12)13/h4-8H,3H2,1-2H3,(H2,12,13). The maximum atomic E-state index is 10.8. The van der Waals surface area contributed by atoms with Gasteiger partial charge in [0.05, 0.1) is 0 Å². The van der Waals surface area contributed by atoms with Crippen molar-refractivity contribution in [2.24, 2.45) is 5.73 Å². The Morgan fingerprint density at radius 1 is 1.57 bits per heavy atom. The molecule has 14 heavy (non-hydrogen) atoms. The fourth-order valence-corrected chi connectivity index (χ4v) is 1.10. The van der Waals surface area contributed by atoms with Gasteiger partial charge >= 0.3 is 0 Å². The number of hydrogen-bond acceptors (Lipinski definition) is 2. The molecule has 1 aromatic carbocycles. The van der Waals surface area contributed by atoms with Crippen molar-refractivity contribution >= 4 is 5.91 Å². The highest BCUT2D eigenvalue weighted by Crippen LogP contribution is 2.15. The second kappa shape index (κ2) is 4.65. The predicted octanol–water partition coefficient (Wildman–Crippen LogP) is 1.50. The molecule has 0 aliphatic rings. The van der Waals surface area contributed by atoms with Crippen LogP contribution >= 0.6 is 0 Å². The minimum absolute atomic E-state index is 0.452. The molecule has 1 aromatic rings. The molecule has 3 nitrogen and oxygen atoms in total. The van der Waals surface area contributed by atoms with E-state index < -0.39 is 12.0 Å². The lowest BCUT2D eigenvalue weighted by Crippen LogP contribution is -2.30. The molecule has 1 rings (SSSR count). The van der Waals surface area contributed by atoms with Crippen molar-refractivity contribution in [2.75, 3.05) is 0 Å². The van der Waals surface area contributed by atoms with Gasteiger partial charge in [0.15, 0.2) is 6.10 Å². The lowest BCUT2D eigenvalue weighted by molar-refractivity contribution is -0.123. The number of aryl methyl sites for hydroxylation is 1. The summed E-state index contributed by atoms with van der Waals surface area (Å²) in [5.41, 5.74) is 6.27. The van der Waals surface area contributed by atoms with Gasteiger partial charge in [0.2, 0.25) is 0 Å². The molecule has 0 aliphatic carbocycles. The molecule has 2 N–H and O–H groups in total. The van der Waals surface area contributed by atoms with Crippen LogP contribution in [0.3, 0.4) is 0 Å². The molecular formula is C11H15NO2. The van der Waals surface area contributed by atoms with Crippen molar-refractivity contribution < 1.29 is 9.53 Å². The van der Waals surface area contributed by atoms with Gasteiger partial charge in [-0.25, -0.2) is 0 Å². The molecule has 0 saturated heterocycles. The zero-order valence-corrected chi connectivity index (χ0v) is 8.49. The summed E-state index contributed by atoms with van der Waals surface area (Å²) in [5.74, 6) is 0.238. The van der Waals surface area contributed by atoms with Crippen LogP contribution in [-0.4, -0.2) is 12.0 Å². The van der Waals surface area contributed by atoms with E-state index in [1.165, 1.54) is 5.56 Å². The van der Waals surface area contributed by atoms with Crippen LogP contribution in [0.25, 0.3) is 0 Å². The van der Waals surface area contributed by atoms with Gasteiger partial charge in [0.25, 0.3) is 5.91 Å². The van der Waals surface area contributed by atoms with Gasteiger partial charge in [0.1, 0.15) is 5.75 Å². The van der Waals surface area contributed by atoms with Crippen LogP contribution in [0.15, 0.2) is 24.3 Å². The number of carbonyl (C=O) groups is 1. The Bertz CT molecular complexity index is 323. The molecule has 0 aliphatic heterocycles. The van der Waals surface area contributed by atoms with Crippen LogP contribution < -0.4 is 10.5 Å². The highest BCUT2D eigenvalue weighted by molar-refractivity contribution is 5.78. The predicted molar refractivity (Wildman–Crippen MR) is 55.1 cm³/mol. The lowest BCUT2D eigenvalue weighted by atomic mass is 10.2. The molecule has 0 spiro atoms. The SMILES string of the molecule is CCc1cccc(OC(C)C(N)=O)c1. The number of ether oxygens (including phenoxy) is 1. The van der Waals surface area contributed by atoms with Gasteiger partial charge in [-0.05, 0) is 31.0 Å². The summed E-state index contributed by atoms with van der Waals surface area (Å²) >= 11 is 0. The number of primary amides is 1. The number of carbonyl (C=O) groups excluding carboxylic acids is 1. The number of nitrogens with two attached hydrogens (primary N) is 1. The van der Waals surface area contributed by atoms with Crippen LogP contribution in [0.5, 0.6) is 5.75 Å². The normalized spacial score (nSPS) is 12.1. The van der Waals surface area contributed by atoms with Gasteiger partial charge in [0, 0.05) is 0 Å². The first kappa shape index (κ1) is 10.6. The van der Waals surface area contributed by atoms with Crippen molar-refractivity contribution in [3.8, 4) is 5.75 Å². The quantitative estimate of drug-likeness (QED) is 0.787. The zero-order chi connectivity index (χ0) is 10.6. The Morgan fingerprint density at radius 3 is 2.86 bits per heavy atom. The fourth-order valence-electron chi connectivity index (χ4n) is 1.10. The summed E-state index contributed by atoms with van der Waals surface area (Å²) in [6.45, 7) is 3.71. The minimum Gasteiger partial charge on any atom is -0.481 e. The molecule has 0 fully saturated rings. The number of amides is 1. The van der Waals surface area contributed by atoms with Crippen molar-refractivity contribution in [1.29, 1.82) is 0 Å². The van der Waals surface area contributed by atoms with E-state index >= 15 is 0 Å². The molecule has 76 valence electrons. The summed E-state index contributed by atoms with van der Waals surface area (Å²) in [6.07, 6.45) is 0.365. The highest BCUT2D eigenvalue weighted by atomic mass is 16.5. The van der Waals surface area contributed by atoms with Crippen LogP contribution in [0, 0.1) is 0 Å². The molecule has 1 unspecified atom stereocenters. The average molecular weight is 193 g/mol. The van der Waals surface area contributed by atoms with Gasteiger partial charge in [-0.3, -0.25) is 4.79 Å². The molecule has 0 aromatic heterocycles. The van der Waals surface area contributed by atoms with E-state index in [0.29, 0.717) is 5.75 Å². The molecule has 0 saturated carbocycles. The molecule has 1 amide bonds. The minimum atomic E-state index is -0.581. The van der Waals surface area contributed by atoms with E-state index in [0.717, 1.165) is 6.42 Å². The third kappa shape index (κ3) is 2.76. The summed E-state index contributed by atoms with van der Waals surface area (Å²) < 4.78 is 5.34. The first-order valence-electron chi connectivity index (χ1n) is 4.68. The van der Waals surface area contributed by atoms with Crippen molar-refractivity contribution in [1.82, 2.24) is 0 Å². The monoisotopic (exact) mass is 193 g/mol. The first-order chi connectivity index (χ1) is 6.63. The Hall–Kier alpha value is -1.51. The first-order valence-corrected chi connectivity index (χ1v) is 4.68. The summed E-state index contributed by atoms with van der Waals surface area (Å²) in [5, 5.41) is 0. The van der Waals surface area contributed by atoms with Crippen molar-refractivity contribution in [2.45, 2.75) is 26.4 Å². The van der Waals surface area contributed by atoms with Crippen LogP contribution in [0.4, 0.5) is 0 Å². The molecular weight excluding hydrogens is 178 g/mol. The molecule has 0 heterocycles. The molecule has 0 radical (unpaired) electrons. The highest BCUT2D eigenvalue weighted by Gasteiger charge is 2.09. The largest absolute Gasteiger partial charge is 0.481 e. The third-order valence-corrected chi connectivity index (χ3v) is 2.02. The van der Waals surface area contributed by atoms with Gasteiger partial charge in [-0.15, -0.1) is 0 Å². The Morgan fingerprint density at radius 2 is 2.29 bits per heavy atom. The Kier molecular flexibility index (Phi) is 3.51. The lowest BCUT2D eigenvalue weighted by Gasteiger charge is -2.11. The second-order valence-electron chi connectivity index (χ2n) is 3.16. The zero-order valence-electron chi connectivity index (χ0n) is 8.49. The van der Waals surface area contributed by atoms with Crippen LogP contribution in [0.2, 0.25) is 0 Å². The summed E-state index contributed by atoms with van der Waals surface area (Å²) in [7, 11) is 0. The van der Waals surface area contributed by atoms with Crippen molar-refractivity contribution in [3.63, 3.8) is 0 Å². The van der Waals surface area contributed by atoms with E-state index in [4.69, 9.17) is 10.5 Å². The van der Waals surface area contributed by atoms with E-state index in [1.807, 2.05) is 24.3 Å². The molecule has 3 heteroatoms. The second-order valence-corrected chi connectivity index (χ2v) is 3.16. The number of rotatable bonds is 4. The van der Waals surface area contributed by atoms with E-state index in [9.17, 15) is 4.79 Å². The van der Waals surface area contributed by atoms with Crippen molar-refractivity contribution in [3.05, 3.63) is 29.8 Å². The Labute approximate surface area is 83.9 Å². The Balaban J connectivity index is 2.71. The summed E-state index contributed by atoms with van der Waals surface area (Å²) in [6, 6.07) is 7.65. The van der Waals surface area contributed by atoms with E-state index in [1.54, 1.807) is 6.92 Å². The molecule has 0 bridgehead atoms. The number of hydrogen-bond donors (Lipinski definition) is 1. The summed E-state index contributed by atoms with van der Waals surface area (Å²) in [4.78, 5) is 10.8. The van der Waals surface area contributed by atoms with Gasteiger partial charge in [-0.1, -0.05) is 19.1 Å². The number of benzene rings is 1. The molecule has 1 atom stereocenters. The average Bonchev–Trinajstić information content (AvgIpc) is 2.18. The van der Waals surface area contributed by atoms with E-state index in [-0.39, 0.29) is 0 Å².